The topological polar surface area (TPSA) is 59.8 Å². The molecule has 0 aliphatic carbocycles. The molecule has 0 aromatic carbocycles. The summed E-state index contributed by atoms with van der Waals surface area (Å²) in [6, 6.07) is 0.538. The van der Waals surface area contributed by atoms with Gasteiger partial charge in [-0.3, -0.25) is 4.79 Å². The molecular weight excluding hydrogens is 236 g/mol. The normalized spacial score (nSPS) is 12.8. The van der Waals surface area contributed by atoms with Crippen molar-refractivity contribution in [2.45, 2.75) is 51.4 Å². The van der Waals surface area contributed by atoms with Crippen LogP contribution in [0.3, 0.4) is 0 Å². The van der Waals surface area contributed by atoms with Crippen LogP contribution in [0.5, 0.6) is 0 Å². The van der Waals surface area contributed by atoms with Gasteiger partial charge >= 0.3 is 0 Å². The average molecular weight is 256 g/mol. The molecule has 6 heteroatoms. The zero-order valence-corrected chi connectivity index (χ0v) is 11.6. The number of nitrogens with zero attached hydrogens (tertiary/aromatic N) is 3. The average Bonchev–Trinajstić information content (AvgIpc) is 2.74. The van der Waals surface area contributed by atoms with E-state index >= 15 is 0 Å². The number of hydrogen-bond acceptors (Lipinski definition) is 4. The van der Waals surface area contributed by atoms with E-state index in [0.717, 1.165) is 11.6 Å². The van der Waals surface area contributed by atoms with E-state index in [4.69, 9.17) is 0 Å². The number of carbonyl (C=O) groups excluding carboxylic acids is 1. The summed E-state index contributed by atoms with van der Waals surface area (Å²) in [7, 11) is 0. The summed E-state index contributed by atoms with van der Waals surface area (Å²) in [5.74, 6) is 0.429. The van der Waals surface area contributed by atoms with Crippen LogP contribution in [0.1, 0.15) is 40.2 Å². The summed E-state index contributed by atoms with van der Waals surface area (Å²) in [6.45, 7) is 8.17. The van der Waals surface area contributed by atoms with E-state index in [1.807, 2.05) is 18.4 Å². The molecule has 0 saturated carbocycles. The maximum absolute atomic E-state index is 11.6. The highest BCUT2D eigenvalue weighted by Gasteiger charge is 2.11. The van der Waals surface area contributed by atoms with Crippen molar-refractivity contribution >= 4 is 17.7 Å². The van der Waals surface area contributed by atoms with Gasteiger partial charge in [0.2, 0.25) is 5.91 Å². The molecule has 1 N–H and O–H groups in total. The van der Waals surface area contributed by atoms with Crippen LogP contribution in [0.2, 0.25) is 0 Å². The Balaban J connectivity index is 2.45. The van der Waals surface area contributed by atoms with Crippen LogP contribution in [0, 0.1) is 0 Å². The van der Waals surface area contributed by atoms with E-state index in [2.05, 4.69) is 29.4 Å². The second-order valence-corrected chi connectivity index (χ2v) is 5.22. The van der Waals surface area contributed by atoms with Crippen molar-refractivity contribution in [3.05, 3.63) is 6.33 Å². The predicted molar refractivity (Wildman–Crippen MR) is 69.0 cm³/mol. The minimum absolute atomic E-state index is 0.0441. The molecular formula is C11H20N4OS. The van der Waals surface area contributed by atoms with Crippen LogP contribution in [0.25, 0.3) is 0 Å². The van der Waals surface area contributed by atoms with Crippen LogP contribution < -0.4 is 5.32 Å². The number of hydrogen-bond donors (Lipinski definition) is 1. The van der Waals surface area contributed by atoms with Crippen LogP contribution in [0.4, 0.5) is 0 Å². The second-order valence-electron chi connectivity index (χ2n) is 4.28. The highest BCUT2D eigenvalue weighted by Crippen LogP contribution is 2.18. The molecule has 1 rings (SSSR count). The molecule has 1 aromatic heterocycles. The molecule has 96 valence electrons. The standard InChI is InChI=1S/C11H20N4OS/c1-5-9(4)13-10(16)6-17-11-14-12-7-15(11)8(2)3/h7-9H,5-6H2,1-4H3,(H,13,16). The van der Waals surface area contributed by atoms with E-state index in [-0.39, 0.29) is 11.9 Å². The van der Waals surface area contributed by atoms with Gasteiger partial charge in [-0.25, -0.2) is 0 Å². The van der Waals surface area contributed by atoms with E-state index in [9.17, 15) is 4.79 Å². The van der Waals surface area contributed by atoms with Crippen molar-refractivity contribution in [3.63, 3.8) is 0 Å². The Hall–Kier alpha value is -1.04. The van der Waals surface area contributed by atoms with Gasteiger partial charge in [-0.1, -0.05) is 18.7 Å². The molecule has 0 spiro atoms. The lowest BCUT2D eigenvalue weighted by atomic mass is 10.3. The Morgan fingerprint density at radius 1 is 1.53 bits per heavy atom. The van der Waals surface area contributed by atoms with Crippen molar-refractivity contribution in [1.82, 2.24) is 20.1 Å². The van der Waals surface area contributed by atoms with E-state index < -0.39 is 0 Å². The largest absolute Gasteiger partial charge is 0.353 e. The quantitative estimate of drug-likeness (QED) is 0.789. The van der Waals surface area contributed by atoms with Gasteiger partial charge in [0.1, 0.15) is 6.33 Å². The maximum Gasteiger partial charge on any atom is 0.230 e. The smallest absolute Gasteiger partial charge is 0.230 e. The Bertz CT molecular complexity index is 364. The first-order chi connectivity index (χ1) is 8.04. The van der Waals surface area contributed by atoms with Gasteiger partial charge in [-0.15, -0.1) is 10.2 Å². The van der Waals surface area contributed by atoms with Gasteiger partial charge in [0.25, 0.3) is 0 Å². The van der Waals surface area contributed by atoms with Gasteiger partial charge in [0.05, 0.1) is 5.75 Å². The van der Waals surface area contributed by atoms with Crippen molar-refractivity contribution in [2.24, 2.45) is 0 Å². The molecule has 1 unspecified atom stereocenters. The number of rotatable bonds is 6. The van der Waals surface area contributed by atoms with Crippen molar-refractivity contribution in [3.8, 4) is 0 Å². The molecule has 0 saturated heterocycles. The molecule has 0 aliphatic heterocycles. The summed E-state index contributed by atoms with van der Waals surface area (Å²) < 4.78 is 1.96. The van der Waals surface area contributed by atoms with Crippen molar-refractivity contribution in [1.29, 1.82) is 0 Å². The lowest BCUT2D eigenvalue weighted by molar-refractivity contribution is -0.119. The lowest BCUT2D eigenvalue weighted by Crippen LogP contribution is -2.33. The number of amides is 1. The first kappa shape index (κ1) is 14.0. The Morgan fingerprint density at radius 2 is 2.24 bits per heavy atom. The predicted octanol–water partition coefficient (Wildman–Crippen LogP) is 1.87. The lowest BCUT2D eigenvalue weighted by Gasteiger charge is -2.12. The highest BCUT2D eigenvalue weighted by atomic mass is 32.2. The zero-order chi connectivity index (χ0) is 12.8. The fraction of sp³-hybridized carbons (Fsp3) is 0.727. The maximum atomic E-state index is 11.6. The van der Waals surface area contributed by atoms with Crippen molar-refractivity contribution in [2.75, 3.05) is 5.75 Å². The summed E-state index contributed by atoms with van der Waals surface area (Å²) in [5, 5.41) is 11.6. The third-order valence-corrected chi connectivity index (χ3v) is 3.41. The first-order valence-corrected chi connectivity index (χ1v) is 6.84. The third kappa shape index (κ3) is 4.38. The first-order valence-electron chi connectivity index (χ1n) is 5.86. The third-order valence-electron chi connectivity index (χ3n) is 2.45. The van der Waals surface area contributed by atoms with E-state index in [1.165, 1.54) is 11.8 Å². The van der Waals surface area contributed by atoms with Gasteiger partial charge < -0.3 is 9.88 Å². The fourth-order valence-corrected chi connectivity index (χ4v) is 2.09. The van der Waals surface area contributed by atoms with Crippen LogP contribution in [0.15, 0.2) is 11.5 Å². The zero-order valence-electron chi connectivity index (χ0n) is 10.8. The van der Waals surface area contributed by atoms with Crippen LogP contribution in [-0.2, 0) is 4.79 Å². The number of thioether (sulfide) groups is 1. The van der Waals surface area contributed by atoms with Crippen LogP contribution >= 0.6 is 11.8 Å². The molecule has 1 aromatic rings. The molecule has 17 heavy (non-hydrogen) atoms. The number of carbonyl (C=O) groups is 1. The molecule has 5 nitrogen and oxygen atoms in total. The summed E-state index contributed by atoms with van der Waals surface area (Å²) in [6.07, 6.45) is 2.64. The minimum atomic E-state index is 0.0441. The Labute approximate surface area is 106 Å². The van der Waals surface area contributed by atoms with E-state index in [0.29, 0.717) is 11.8 Å². The highest BCUT2D eigenvalue weighted by molar-refractivity contribution is 7.99. The van der Waals surface area contributed by atoms with Gasteiger partial charge in [-0.05, 0) is 27.2 Å². The molecule has 1 heterocycles. The van der Waals surface area contributed by atoms with Gasteiger partial charge in [-0.2, -0.15) is 0 Å². The molecule has 0 bridgehead atoms. The molecule has 1 amide bonds. The minimum Gasteiger partial charge on any atom is -0.353 e. The number of nitrogens with one attached hydrogen (secondary N) is 1. The number of aromatic nitrogens is 3. The molecule has 0 aliphatic rings. The Morgan fingerprint density at radius 3 is 2.82 bits per heavy atom. The van der Waals surface area contributed by atoms with Gasteiger partial charge in [0, 0.05) is 12.1 Å². The van der Waals surface area contributed by atoms with Gasteiger partial charge in [0.15, 0.2) is 5.16 Å². The van der Waals surface area contributed by atoms with E-state index in [1.54, 1.807) is 6.33 Å². The summed E-state index contributed by atoms with van der Waals surface area (Å²) in [5.41, 5.74) is 0. The fourth-order valence-electron chi connectivity index (χ4n) is 1.24. The van der Waals surface area contributed by atoms with Crippen LogP contribution in [-0.4, -0.2) is 32.5 Å². The summed E-state index contributed by atoms with van der Waals surface area (Å²) >= 11 is 1.42. The molecule has 1 atom stereocenters. The van der Waals surface area contributed by atoms with Crippen molar-refractivity contribution < 1.29 is 4.79 Å². The molecule has 0 fully saturated rings. The second kappa shape index (κ2) is 6.64. The SMILES string of the molecule is CCC(C)NC(=O)CSc1nncn1C(C)C. The Kier molecular flexibility index (Phi) is 5.47. The monoisotopic (exact) mass is 256 g/mol. The summed E-state index contributed by atoms with van der Waals surface area (Å²) in [4.78, 5) is 11.6. The molecule has 0 radical (unpaired) electrons.